The average molecular weight is 282 g/mol. The summed E-state index contributed by atoms with van der Waals surface area (Å²) in [5.74, 6) is 1.76. The molecule has 1 aliphatic heterocycles. The van der Waals surface area contributed by atoms with Gasteiger partial charge in [-0.25, -0.2) is 0 Å². The van der Waals surface area contributed by atoms with Crippen LogP contribution in [0.2, 0.25) is 0 Å². The summed E-state index contributed by atoms with van der Waals surface area (Å²) in [7, 11) is 1.61. The van der Waals surface area contributed by atoms with Gasteiger partial charge in [0.15, 0.2) is 6.79 Å². The molecule has 0 atom stereocenters. The number of hydrogen-bond acceptors (Lipinski definition) is 3. The van der Waals surface area contributed by atoms with Crippen LogP contribution in [0.4, 0.5) is 0 Å². The Morgan fingerprint density at radius 2 is 1.90 bits per heavy atom. The second-order valence-corrected chi connectivity index (χ2v) is 5.07. The maximum absolute atomic E-state index is 5.85. The van der Waals surface area contributed by atoms with E-state index in [4.69, 9.17) is 14.2 Å². The first-order chi connectivity index (χ1) is 10.3. The van der Waals surface area contributed by atoms with E-state index in [0.29, 0.717) is 6.61 Å². The number of aryl methyl sites for hydroxylation is 1. The van der Waals surface area contributed by atoms with Crippen LogP contribution in [-0.2, 0) is 4.74 Å². The Balaban J connectivity index is 1.82. The molecule has 3 heteroatoms. The summed E-state index contributed by atoms with van der Waals surface area (Å²) in [6, 6.07) is 14.2. The Kier molecular flexibility index (Phi) is 3.93. The molecule has 0 amide bonds. The monoisotopic (exact) mass is 282 g/mol. The Morgan fingerprint density at radius 1 is 1.10 bits per heavy atom. The van der Waals surface area contributed by atoms with Crippen molar-refractivity contribution in [3.05, 3.63) is 59.2 Å². The van der Waals surface area contributed by atoms with E-state index in [0.717, 1.165) is 22.6 Å². The number of fused-ring (bicyclic) bond motifs is 1. The van der Waals surface area contributed by atoms with Gasteiger partial charge in [-0.2, -0.15) is 0 Å². The molecule has 0 N–H and O–H groups in total. The van der Waals surface area contributed by atoms with Crippen molar-refractivity contribution in [3.8, 4) is 11.5 Å². The smallest absolute Gasteiger partial charge is 0.188 e. The molecule has 0 bridgehead atoms. The van der Waals surface area contributed by atoms with Crippen molar-refractivity contribution in [2.24, 2.45) is 0 Å². The van der Waals surface area contributed by atoms with Crippen LogP contribution in [0.5, 0.6) is 11.5 Å². The van der Waals surface area contributed by atoms with Gasteiger partial charge in [0, 0.05) is 12.7 Å². The molecule has 1 aliphatic rings. The van der Waals surface area contributed by atoms with E-state index in [2.05, 4.69) is 31.2 Å². The lowest BCUT2D eigenvalue weighted by atomic mass is 10.00. The second-order valence-electron chi connectivity index (χ2n) is 5.07. The summed E-state index contributed by atoms with van der Waals surface area (Å²) in [4.78, 5) is 0. The fraction of sp³-hybridized carbons (Fsp3) is 0.222. The standard InChI is InChI=1S/C18H18O3/c1-13-3-4-15-10-16(11-20-18(15)9-13)14-5-7-17(8-6-14)21-12-19-2/h3-10H,11-12H2,1-2H3. The molecule has 108 valence electrons. The summed E-state index contributed by atoms with van der Waals surface area (Å²) in [5.41, 5.74) is 4.66. The van der Waals surface area contributed by atoms with Gasteiger partial charge in [0.05, 0.1) is 0 Å². The molecule has 3 nitrogen and oxygen atoms in total. The highest BCUT2D eigenvalue weighted by Gasteiger charge is 2.12. The summed E-state index contributed by atoms with van der Waals surface area (Å²) in [5, 5.41) is 0. The fourth-order valence-corrected chi connectivity index (χ4v) is 2.33. The summed E-state index contributed by atoms with van der Waals surface area (Å²) < 4.78 is 16.1. The SMILES string of the molecule is COCOc1ccc(C2=Cc3ccc(C)cc3OC2)cc1. The molecular formula is C18H18O3. The van der Waals surface area contributed by atoms with Gasteiger partial charge in [0.2, 0.25) is 0 Å². The molecule has 0 fully saturated rings. The quantitative estimate of drug-likeness (QED) is 0.796. The molecule has 0 unspecified atom stereocenters. The van der Waals surface area contributed by atoms with Crippen LogP contribution in [-0.4, -0.2) is 20.5 Å². The minimum atomic E-state index is 0.262. The van der Waals surface area contributed by atoms with Crippen molar-refractivity contribution in [3.63, 3.8) is 0 Å². The number of ether oxygens (including phenoxy) is 3. The first-order valence-corrected chi connectivity index (χ1v) is 6.92. The van der Waals surface area contributed by atoms with Gasteiger partial charge in [0.25, 0.3) is 0 Å². The largest absolute Gasteiger partial charge is 0.488 e. The molecule has 21 heavy (non-hydrogen) atoms. The first kappa shape index (κ1) is 13.7. The molecule has 0 aromatic heterocycles. The lowest BCUT2D eigenvalue weighted by molar-refractivity contribution is 0.0511. The number of methoxy groups -OCH3 is 1. The van der Waals surface area contributed by atoms with Gasteiger partial charge in [-0.1, -0.05) is 24.3 Å². The van der Waals surface area contributed by atoms with Gasteiger partial charge in [-0.15, -0.1) is 0 Å². The van der Waals surface area contributed by atoms with Crippen molar-refractivity contribution in [1.29, 1.82) is 0 Å². The molecule has 0 saturated heterocycles. The van der Waals surface area contributed by atoms with Gasteiger partial charge in [0.1, 0.15) is 18.1 Å². The van der Waals surface area contributed by atoms with Crippen LogP contribution in [0.25, 0.3) is 11.6 Å². The molecule has 0 aliphatic carbocycles. The number of rotatable bonds is 4. The van der Waals surface area contributed by atoms with E-state index in [1.165, 1.54) is 11.1 Å². The summed E-state index contributed by atoms with van der Waals surface area (Å²) in [6.45, 7) is 2.92. The predicted octanol–water partition coefficient (Wildman–Crippen LogP) is 3.91. The zero-order valence-electron chi connectivity index (χ0n) is 12.3. The van der Waals surface area contributed by atoms with Crippen molar-refractivity contribution in [2.75, 3.05) is 20.5 Å². The van der Waals surface area contributed by atoms with Crippen LogP contribution in [0.1, 0.15) is 16.7 Å². The van der Waals surface area contributed by atoms with E-state index >= 15 is 0 Å². The minimum Gasteiger partial charge on any atom is -0.488 e. The van der Waals surface area contributed by atoms with Crippen molar-refractivity contribution >= 4 is 11.6 Å². The van der Waals surface area contributed by atoms with Crippen LogP contribution in [0.15, 0.2) is 42.5 Å². The second kappa shape index (κ2) is 6.02. The highest BCUT2D eigenvalue weighted by atomic mass is 16.7. The highest BCUT2D eigenvalue weighted by Crippen LogP contribution is 2.31. The molecule has 1 heterocycles. The van der Waals surface area contributed by atoms with Crippen molar-refractivity contribution < 1.29 is 14.2 Å². The van der Waals surface area contributed by atoms with Crippen molar-refractivity contribution in [1.82, 2.24) is 0 Å². The molecule has 2 aromatic rings. The Hall–Kier alpha value is -2.26. The van der Waals surface area contributed by atoms with Gasteiger partial charge < -0.3 is 14.2 Å². The predicted molar refractivity (Wildman–Crippen MR) is 83.5 cm³/mol. The Labute approximate surface area is 124 Å². The molecule has 3 rings (SSSR count). The zero-order chi connectivity index (χ0) is 14.7. The van der Waals surface area contributed by atoms with E-state index < -0.39 is 0 Å². The Morgan fingerprint density at radius 3 is 2.67 bits per heavy atom. The third-order valence-electron chi connectivity index (χ3n) is 3.45. The third kappa shape index (κ3) is 3.09. The van der Waals surface area contributed by atoms with Crippen LogP contribution >= 0.6 is 0 Å². The van der Waals surface area contributed by atoms with E-state index in [1.54, 1.807) is 7.11 Å². The summed E-state index contributed by atoms with van der Waals surface area (Å²) >= 11 is 0. The maximum Gasteiger partial charge on any atom is 0.188 e. The Bertz CT molecular complexity index is 657. The molecule has 0 spiro atoms. The first-order valence-electron chi connectivity index (χ1n) is 6.92. The van der Waals surface area contributed by atoms with E-state index in [1.807, 2.05) is 24.3 Å². The minimum absolute atomic E-state index is 0.262. The van der Waals surface area contributed by atoms with Gasteiger partial charge in [-0.05, 0) is 47.9 Å². The topological polar surface area (TPSA) is 27.7 Å². The normalized spacial score (nSPS) is 13.1. The third-order valence-corrected chi connectivity index (χ3v) is 3.45. The molecule has 2 aromatic carbocycles. The molecule has 0 saturated carbocycles. The zero-order valence-corrected chi connectivity index (χ0v) is 12.3. The summed E-state index contributed by atoms with van der Waals surface area (Å²) in [6.07, 6.45) is 2.18. The average Bonchev–Trinajstić information content (AvgIpc) is 2.53. The van der Waals surface area contributed by atoms with Crippen LogP contribution in [0, 0.1) is 6.92 Å². The van der Waals surface area contributed by atoms with Crippen LogP contribution in [0.3, 0.4) is 0 Å². The number of benzene rings is 2. The maximum atomic E-state index is 5.85. The van der Waals surface area contributed by atoms with E-state index in [-0.39, 0.29) is 6.79 Å². The lowest BCUT2D eigenvalue weighted by Gasteiger charge is -2.19. The van der Waals surface area contributed by atoms with Crippen molar-refractivity contribution in [2.45, 2.75) is 6.92 Å². The number of hydrogen-bond donors (Lipinski definition) is 0. The van der Waals surface area contributed by atoms with E-state index in [9.17, 15) is 0 Å². The lowest BCUT2D eigenvalue weighted by Crippen LogP contribution is -2.07. The van der Waals surface area contributed by atoms with Gasteiger partial charge in [-0.3, -0.25) is 0 Å². The molecule has 0 radical (unpaired) electrons. The van der Waals surface area contributed by atoms with Gasteiger partial charge >= 0.3 is 0 Å². The fourth-order valence-electron chi connectivity index (χ4n) is 2.33. The highest BCUT2D eigenvalue weighted by molar-refractivity contribution is 5.85. The van der Waals surface area contributed by atoms with Crippen LogP contribution < -0.4 is 9.47 Å². The molecular weight excluding hydrogens is 264 g/mol.